The summed E-state index contributed by atoms with van der Waals surface area (Å²) in [6.07, 6.45) is 0. The van der Waals surface area contributed by atoms with Gasteiger partial charge in [-0.2, -0.15) is 0 Å². The highest BCUT2D eigenvalue weighted by Gasteiger charge is 2.46. The molecule has 11 heteroatoms. The molecule has 0 saturated heterocycles. The third-order valence-electron chi connectivity index (χ3n) is 5.48. The Balaban J connectivity index is 1.52. The van der Waals surface area contributed by atoms with Crippen LogP contribution in [0.15, 0.2) is 80.8 Å². The molecule has 2 aromatic carbocycles. The van der Waals surface area contributed by atoms with Crippen LogP contribution in [0.4, 0.5) is 5.13 Å². The summed E-state index contributed by atoms with van der Waals surface area (Å²) in [6, 6.07) is 16.8. The number of hydrogen-bond acceptors (Lipinski definition) is 8. The zero-order valence-corrected chi connectivity index (χ0v) is 21.8. The molecule has 0 spiro atoms. The minimum absolute atomic E-state index is 0.00475. The number of rotatable bonds is 7. The number of aryl methyl sites for hydroxylation is 1. The van der Waals surface area contributed by atoms with Crippen molar-refractivity contribution >= 4 is 63.1 Å². The lowest BCUT2D eigenvalue weighted by Gasteiger charge is -2.24. The number of aromatic nitrogens is 2. The van der Waals surface area contributed by atoms with Crippen molar-refractivity contribution in [3.8, 4) is 0 Å². The third kappa shape index (κ3) is 4.67. The van der Waals surface area contributed by atoms with Gasteiger partial charge in [0.15, 0.2) is 15.9 Å². The fraction of sp³-hybridized carbons (Fsp3) is 0.120. The summed E-state index contributed by atoms with van der Waals surface area (Å²) in [5.74, 6) is -0.868. The normalized spacial score (nSPS) is 15.7. The Kier molecular flexibility index (Phi) is 6.90. The van der Waals surface area contributed by atoms with Crippen molar-refractivity contribution in [3.63, 3.8) is 0 Å². The molecule has 0 bridgehead atoms. The molecule has 7 nitrogen and oxygen atoms in total. The number of ketones is 1. The van der Waals surface area contributed by atoms with Gasteiger partial charge in [0.05, 0.1) is 21.7 Å². The highest BCUT2D eigenvalue weighted by atomic mass is 35.5. The van der Waals surface area contributed by atoms with Gasteiger partial charge in [-0.1, -0.05) is 82.7 Å². The number of Topliss-reactive ketones (excluding diaryl/α,β-unsaturated/α-hetero) is 1. The Morgan fingerprint density at radius 2 is 1.89 bits per heavy atom. The monoisotopic (exact) mass is 557 g/mol. The molecule has 36 heavy (non-hydrogen) atoms. The Hall–Kier alpha value is -3.11. The molecule has 1 aliphatic rings. The van der Waals surface area contributed by atoms with E-state index in [1.165, 1.54) is 34.1 Å². The van der Waals surface area contributed by atoms with Crippen molar-refractivity contribution in [1.29, 1.82) is 0 Å². The lowest BCUT2D eigenvalue weighted by molar-refractivity contribution is -0.117. The summed E-state index contributed by atoms with van der Waals surface area (Å²) in [6.45, 7) is 1.70. The second kappa shape index (κ2) is 10.1. The second-order valence-corrected chi connectivity index (χ2v) is 10.9. The third-order valence-corrected chi connectivity index (χ3v) is 8.35. The number of furan rings is 1. The minimum Gasteiger partial charge on any atom is -0.503 e. The highest BCUT2D eigenvalue weighted by molar-refractivity contribution is 8.00. The fourth-order valence-electron chi connectivity index (χ4n) is 3.80. The van der Waals surface area contributed by atoms with E-state index >= 15 is 0 Å². The van der Waals surface area contributed by atoms with Crippen LogP contribution in [-0.2, 0) is 10.5 Å². The molecule has 1 N–H and O–H groups in total. The summed E-state index contributed by atoms with van der Waals surface area (Å²) < 4.78 is 6.12. The minimum atomic E-state index is -1.01. The Morgan fingerprint density at radius 3 is 2.58 bits per heavy atom. The average molecular weight is 558 g/mol. The lowest BCUT2D eigenvalue weighted by Crippen LogP contribution is -2.31. The summed E-state index contributed by atoms with van der Waals surface area (Å²) >= 11 is 15.0. The molecule has 1 aliphatic heterocycles. The Bertz CT molecular complexity index is 1500. The molecule has 0 saturated carbocycles. The van der Waals surface area contributed by atoms with Crippen LogP contribution in [0, 0.1) is 6.92 Å². The van der Waals surface area contributed by atoms with E-state index in [1.807, 2.05) is 30.3 Å². The van der Waals surface area contributed by atoms with Gasteiger partial charge in [-0.15, -0.1) is 10.2 Å². The average Bonchev–Trinajstić information content (AvgIpc) is 3.58. The number of hydrogen-bond donors (Lipinski definition) is 1. The fourth-order valence-corrected chi connectivity index (χ4v) is 5.93. The van der Waals surface area contributed by atoms with Gasteiger partial charge in [0.1, 0.15) is 5.76 Å². The molecule has 1 amide bonds. The van der Waals surface area contributed by atoms with Crippen LogP contribution in [0.5, 0.6) is 0 Å². The number of nitrogens with zero attached hydrogens (tertiary/aromatic N) is 3. The molecular formula is C25H17Cl2N3O4S2. The van der Waals surface area contributed by atoms with E-state index in [1.54, 1.807) is 31.2 Å². The van der Waals surface area contributed by atoms with Gasteiger partial charge in [0.2, 0.25) is 10.9 Å². The highest BCUT2D eigenvalue weighted by Crippen LogP contribution is 2.45. The van der Waals surface area contributed by atoms with E-state index in [-0.39, 0.29) is 21.5 Å². The number of carbonyl (C=O) groups is 2. The topological polar surface area (TPSA) is 96.5 Å². The van der Waals surface area contributed by atoms with E-state index in [0.29, 0.717) is 26.4 Å². The zero-order chi connectivity index (χ0) is 25.4. The molecule has 0 aliphatic carbocycles. The number of thioether (sulfide) groups is 1. The van der Waals surface area contributed by atoms with E-state index in [9.17, 15) is 14.7 Å². The van der Waals surface area contributed by atoms with Gasteiger partial charge in [-0.25, -0.2) is 0 Å². The van der Waals surface area contributed by atoms with Crippen molar-refractivity contribution in [2.45, 2.75) is 23.1 Å². The maximum Gasteiger partial charge on any atom is 0.296 e. The van der Waals surface area contributed by atoms with Crippen LogP contribution in [0.3, 0.4) is 0 Å². The maximum absolute atomic E-state index is 13.4. The summed E-state index contributed by atoms with van der Waals surface area (Å²) in [5, 5.41) is 20.1. The van der Waals surface area contributed by atoms with Crippen LogP contribution in [0.2, 0.25) is 10.0 Å². The molecular weight excluding hydrogens is 541 g/mol. The van der Waals surface area contributed by atoms with Gasteiger partial charge >= 0.3 is 0 Å². The van der Waals surface area contributed by atoms with E-state index in [4.69, 9.17) is 27.6 Å². The van der Waals surface area contributed by atoms with Crippen LogP contribution in [-0.4, -0.2) is 27.0 Å². The zero-order valence-electron chi connectivity index (χ0n) is 18.6. The number of amides is 1. The molecule has 0 radical (unpaired) electrons. The second-order valence-electron chi connectivity index (χ2n) is 7.88. The van der Waals surface area contributed by atoms with Crippen LogP contribution in [0.25, 0.3) is 0 Å². The summed E-state index contributed by atoms with van der Waals surface area (Å²) in [4.78, 5) is 27.9. The van der Waals surface area contributed by atoms with E-state index in [0.717, 1.165) is 5.56 Å². The molecule has 5 rings (SSSR count). The molecule has 4 aromatic rings. The van der Waals surface area contributed by atoms with Crippen LogP contribution < -0.4 is 4.90 Å². The lowest BCUT2D eigenvalue weighted by atomic mass is 9.95. The number of aliphatic hydroxyl groups excluding tert-OH is 1. The number of halogens is 2. The Morgan fingerprint density at radius 1 is 1.11 bits per heavy atom. The molecule has 1 unspecified atom stereocenters. The number of carbonyl (C=O) groups excluding carboxylic acids is 2. The van der Waals surface area contributed by atoms with Crippen molar-refractivity contribution in [2.24, 2.45) is 0 Å². The largest absolute Gasteiger partial charge is 0.503 e. The summed E-state index contributed by atoms with van der Waals surface area (Å²) in [5.41, 5.74) is 1.45. The van der Waals surface area contributed by atoms with Gasteiger partial charge < -0.3 is 9.52 Å². The first-order valence-electron chi connectivity index (χ1n) is 10.7. The number of anilines is 1. The standard InChI is InChI=1S/C25H17Cl2N3O4S2/c1-13-7-10-18(34-13)21(31)19-20(15-8-9-16(26)17(27)11-15)30(23(33)22(19)32)24-28-29-25(36-24)35-12-14-5-3-2-4-6-14/h2-11,20,32H,12H2,1H3. The molecule has 3 heterocycles. The van der Waals surface area contributed by atoms with E-state index in [2.05, 4.69) is 10.2 Å². The van der Waals surface area contributed by atoms with Crippen molar-refractivity contribution in [1.82, 2.24) is 10.2 Å². The first-order chi connectivity index (χ1) is 17.3. The smallest absolute Gasteiger partial charge is 0.296 e. The predicted molar refractivity (Wildman–Crippen MR) is 140 cm³/mol. The van der Waals surface area contributed by atoms with Crippen LogP contribution >= 0.6 is 46.3 Å². The van der Waals surface area contributed by atoms with Gasteiger partial charge in [-0.3, -0.25) is 14.5 Å². The van der Waals surface area contributed by atoms with Gasteiger partial charge in [0.25, 0.3) is 5.91 Å². The Labute approximate surface area is 224 Å². The van der Waals surface area contributed by atoms with Crippen molar-refractivity contribution in [2.75, 3.05) is 4.90 Å². The molecule has 1 atom stereocenters. The predicted octanol–water partition coefficient (Wildman–Crippen LogP) is 6.82. The molecule has 182 valence electrons. The quantitative estimate of drug-likeness (QED) is 0.151. The number of aliphatic hydroxyl groups is 1. The van der Waals surface area contributed by atoms with Crippen molar-refractivity contribution < 1.29 is 19.1 Å². The van der Waals surface area contributed by atoms with Crippen LogP contribution in [0.1, 0.15) is 33.5 Å². The molecule has 2 aromatic heterocycles. The van der Waals surface area contributed by atoms with Gasteiger partial charge in [-0.05, 0) is 42.3 Å². The first kappa shape index (κ1) is 24.6. The molecule has 0 fully saturated rings. The SMILES string of the molecule is Cc1ccc(C(=O)C2=C(O)C(=O)N(c3nnc(SCc4ccccc4)s3)C2c2ccc(Cl)c(Cl)c2)o1. The number of benzene rings is 2. The maximum atomic E-state index is 13.4. The van der Waals surface area contributed by atoms with Gasteiger partial charge in [0, 0.05) is 5.75 Å². The van der Waals surface area contributed by atoms with E-state index < -0.39 is 23.5 Å². The van der Waals surface area contributed by atoms with Crippen molar-refractivity contribution in [3.05, 3.63) is 105 Å². The summed E-state index contributed by atoms with van der Waals surface area (Å²) in [7, 11) is 0. The first-order valence-corrected chi connectivity index (χ1v) is 13.2.